The van der Waals surface area contributed by atoms with Crippen molar-refractivity contribution in [3.63, 3.8) is 0 Å². The number of carbonyl (C=O) groups excluding carboxylic acids is 1. The zero-order chi connectivity index (χ0) is 15.9. The second kappa shape index (κ2) is 8.11. The summed E-state index contributed by atoms with van der Waals surface area (Å²) in [7, 11) is 0. The minimum absolute atomic E-state index is 0.00255. The van der Waals surface area contributed by atoms with E-state index in [2.05, 4.69) is 39.6 Å². The Hall–Kier alpha value is -1.65. The van der Waals surface area contributed by atoms with Gasteiger partial charge < -0.3 is 5.32 Å². The van der Waals surface area contributed by atoms with Crippen LogP contribution in [0.1, 0.15) is 31.0 Å². The molecule has 2 aromatic carbocycles. The molecule has 116 valence electrons. The molecule has 1 amide bonds. The van der Waals surface area contributed by atoms with Gasteiger partial charge in [0.25, 0.3) is 0 Å². The van der Waals surface area contributed by atoms with Crippen molar-refractivity contribution in [2.75, 3.05) is 0 Å². The monoisotopic (exact) mass is 360 g/mol. The Balaban J connectivity index is 1.87. The molecular formula is C18H21BrN2O. The van der Waals surface area contributed by atoms with Gasteiger partial charge in [0.15, 0.2) is 0 Å². The number of halogens is 1. The van der Waals surface area contributed by atoms with Crippen LogP contribution >= 0.6 is 15.9 Å². The van der Waals surface area contributed by atoms with E-state index in [1.165, 1.54) is 0 Å². The van der Waals surface area contributed by atoms with Gasteiger partial charge in [0, 0.05) is 17.1 Å². The Labute approximate surface area is 140 Å². The third-order valence-electron chi connectivity index (χ3n) is 3.57. The Kier molecular flexibility index (Phi) is 6.16. The summed E-state index contributed by atoms with van der Waals surface area (Å²) < 4.78 is 1.05. The summed E-state index contributed by atoms with van der Waals surface area (Å²) in [6.07, 6.45) is 0. The lowest BCUT2D eigenvalue weighted by molar-refractivity contribution is -0.123. The van der Waals surface area contributed by atoms with Crippen LogP contribution in [0.4, 0.5) is 0 Å². The quantitative estimate of drug-likeness (QED) is 0.822. The number of hydrogen-bond donors (Lipinski definition) is 2. The van der Waals surface area contributed by atoms with E-state index in [1.54, 1.807) is 0 Å². The van der Waals surface area contributed by atoms with Crippen LogP contribution in [0.15, 0.2) is 59.1 Å². The van der Waals surface area contributed by atoms with Crippen molar-refractivity contribution in [1.29, 1.82) is 0 Å². The van der Waals surface area contributed by atoms with Gasteiger partial charge in [0.2, 0.25) is 5.91 Å². The minimum atomic E-state index is -0.259. The fourth-order valence-electron chi connectivity index (χ4n) is 2.30. The fourth-order valence-corrected chi connectivity index (χ4v) is 2.93. The van der Waals surface area contributed by atoms with Crippen LogP contribution in [-0.4, -0.2) is 11.9 Å². The molecule has 2 atom stereocenters. The van der Waals surface area contributed by atoms with Crippen LogP contribution in [0.3, 0.4) is 0 Å². The molecule has 0 spiro atoms. The largest absolute Gasteiger partial charge is 0.351 e. The highest BCUT2D eigenvalue weighted by Gasteiger charge is 2.17. The molecule has 3 nitrogen and oxygen atoms in total. The second-order valence-corrected chi connectivity index (χ2v) is 6.19. The van der Waals surface area contributed by atoms with Gasteiger partial charge in [-0.15, -0.1) is 0 Å². The second-order valence-electron chi connectivity index (χ2n) is 5.33. The van der Waals surface area contributed by atoms with Crippen molar-refractivity contribution in [1.82, 2.24) is 10.6 Å². The minimum Gasteiger partial charge on any atom is -0.351 e. The SMILES string of the molecule is C[C@H](N[C@@H](C)c1ccccc1Br)C(=O)NCc1ccccc1. The molecule has 0 aliphatic carbocycles. The summed E-state index contributed by atoms with van der Waals surface area (Å²) in [6.45, 7) is 4.49. The van der Waals surface area contributed by atoms with Gasteiger partial charge in [-0.05, 0) is 31.0 Å². The maximum absolute atomic E-state index is 12.2. The van der Waals surface area contributed by atoms with E-state index in [1.807, 2.05) is 55.5 Å². The zero-order valence-corrected chi connectivity index (χ0v) is 14.4. The Morgan fingerprint density at radius 1 is 1.05 bits per heavy atom. The normalized spacial score (nSPS) is 13.4. The molecule has 2 rings (SSSR count). The van der Waals surface area contributed by atoms with Crippen LogP contribution in [0.5, 0.6) is 0 Å². The summed E-state index contributed by atoms with van der Waals surface area (Å²) in [5.74, 6) is 0.00255. The maximum atomic E-state index is 12.2. The Bertz CT molecular complexity index is 615. The number of carbonyl (C=O) groups is 1. The highest BCUT2D eigenvalue weighted by Crippen LogP contribution is 2.22. The molecule has 0 fully saturated rings. The first-order valence-electron chi connectivity index (χ1n) is 7.40. The average Bonchev–Trinajstić information content (AvgIpc) is 2.53. The van der Waals surface area contributed by atoms with Gasteiger partial charge in [0.05, 0.1) is 6.04 Å². The standard InChI is InChI=1S/C18H21BrN2O/c1-13(16-10-6-7-11-17(16)19)21-14(2)18(22)20-12-15-8-4-3-5-9-15/h3-11,13-14,21H,12H2,1-2H3,(H,20,22)/t13-,14-/m0/s1. The van der Waals surface area contributed by atoms with E-state index in [9.17, 15) is 4.79 Å². The Morgan fingerprint density at radius 3 is 2.36 bits per heavy atom. The van der Waals surface area contributed by atoms with Gasteiger partial charge in [-0.1, -0.05) is 64.5 Å². The van der Waals surface area contributed by atoms with Crippen molar-refractivity contribution in [3.05, 3.63) is 70.2 Å². The predicted molar refractivity (Wildman–Crippen MR) is 93.4 cm³/mol. The van der Waals surface area contributed by atoms with Crippen molar-refractivity contribution in [2.45, 2.75) is 32.5 Å². The third-order valence-corrected chi connectivity index (χ3v) is 4.30. The fraction of sp³-hybridized carbons (Fsp3) is 0.278. The number of benzene rings is 2. The van der Waals surface area contributed by atoms with E-state index in [4.69, 9.17) is 0 Å². The molecule has 22 heavy (non-hydrogen) atoms. The summed E-state index contributed by atoms with van der Waals surface area (Å²) in [4.78, 5) is 12.2. The lowest BCUT2D eigenvalue weighted by atomic mass is 10.1. The molecule has 2 aromatic rings. The first-order valence-corrected chi connectivity index (χ1v) is 8.19. The first-order chi connectivity index (χ1) is 10.6. The van der Waals surface area contributed by atoms with E-state index in [0.717, 1.165) is 15.6 Å². The van der Waals surface area contributed by atoms with Crippen molar-refractivity contribution in [3.8, 4) is 0 Å². The van der Waals surface area contributed by atoms with Gasteiger partial charge >= 0.3 is 0 Å². The lowest BCUT2D eigenvalue weighted by Crippen LogP contribution is -2.42. The van der Waals surface area contributed by atoms with Gasteiger partial charge in [-0.3, -0.25) is 10.1 Å². The summed E-state index contributed by atoms with van der Waals surface area (Å²) in [5.41, 5.74) is 2.24. The van der Waals surface area contributed by atoms with Crippen LogP contribution in [0.25, 0.3) is 0 Å². The lowest BCUT2D eigenvalue weighted by Gasteiger charge is -2.21. The number of hydrogen-bond acceptors (Lipinski definition) is 2. The first kappa shape index (κ1) is 16.7. The van der Waals surface area contributed by atoms with Gasteiger partial charge in [0.1, 0.15) is 0 Å². The molecule has 0 radical (unpaired) electrons. The molecule has 4 heteroatoms. The zero-order valence-electron chi connectivity index (χ0n) is 12.8. The Morgan fingerprint density at radius 2 is 1.68 bits per heavy atom. The van der Waals surface area contributed by atoms with E-state index < -0.39 is 0 Å². The summed E-state index contributed by atoms with van der Waals surface area (Å²) in [5, 5.41) is 6.29. The summed E-state index contributed by atoms with van der Waals surface area (Å²) in [6, 6.07) is 17.8. The van der Waals surface area contributed by atoms with E-state index in [-0.39, 0.29) is 18.0 Å². The van der Waals surface area contributed by atoms with E-state index in [0.29, 0.717) is 6.54 Å². The highest BCUT2D eigenvalue weighted by molar-refractivity contribution is 9.10. The molecule has 0 saturated carbocycles. The van der Waals surface area contributed by atoms with Crippen LogP contribution in [0, 0.1) is 0 Å². The topological polar surface area (TPSA) is 41.1 Å². The molecule has 0 aliphatic rings. The van der Waals surface area contributed by atoms with Crippen LogP contribution < -0.4 is 10.6 Å². The van der Waals surface area contributed by atoms with Crippen LogP contribution in [0.2, 0.25) is 0 Å². The molecule has 0 bridgehead atoms. The van der Waals surface area contributed by atoms with Crippen molar-refractivity contribution in [2.24, 2.45) is 0 Å². The number of amides is 1. The molecule has 0 heterocycles. The molecule has 0 saturated heterocycles. The highest BCUT2D eigenvalue weighted by atomic mass is 79.9. The molecule has 0 unspecified atom stereocenters. The van der Waals surface area contributed by atoms with Gasteiger partial charge in [-0.2, -0.15) is 0 Å². The van der Waals surface area contributed by atoms with Crippen molar-refractivity contribution < 1.29 is 4.79 Å². The molecule has 0 aromatic heterocycles. The summed E-state index contributed by atoms with van der Waals surface area (Å²) >= 11 is 3.54. The maximum Gasteiger partial charge on any atom is 0.237 e. The third kappa shape index (κ3) is 4.68. The van der Waals surface area contributed by atoms with Crippen molar-refractivity contribution >= 4 is 21.8 Å². The smallest absolute Gasteiger partial charge is 0.237 e. The molecular weight excluding hydrogens is 340 g/mol. The molecule has 2 N–H and O–H groups in total. The predicted octanol–water partition coefficient (Wildman–Crippen LogP) is 3.80. The number of rotatable bonds is 6. The average molecular weight is 361 g/mol. The van der Waals surface area contributed by atoms with Crippen LogP contribution in [-0.2, 0) is 11.3 Å². The molecule has 0 aliphatic heterocycles. The van der Waals surface area contributed by atoms with Gasteiger partial charge in [-0.25, -0.2) is 0 Å². The number of nitrogens with one attached hydrogen (secondary N) is 2. The van der Waals surface area contributed by atoms with E-state index >= 15 is 0 Å².